The van der Waals surface area contributed by atoms with Crippen LogP contribution in [0, 0.1) is 0 Å². The second-order valence-corrected chi connectivity index (χ2v) is 10.9. The number of benzene rings is 3. The van der Waals surface area contributed by atoms with Gasteiger partial charge in [-0.15, -0.1) is 0 Å². The Hall–Kier alpha value is -3.93. The molecule has 9 nitrogen and oxygen atoms in total. The third-order valence-electron chi connectivity index (χ3n) is 6.13. The largest absolute Gasteiger partial charge is 0.351 e. The molecule has 0 atom stereocenters. The zero-order valence-electron chi connectivity index (χ0n) is 23.6. The molecule has 3 N–H and O–H groups in total. The van der Waals surface area contributed by atoms with Gasteiger partial charge in [-0.1, -0.05) is 98.0 Å². The van der Waals surface area contributed by atoms with E-state index in [1.165, 1.54) is 12.1 Å². The normalized spacial score (nSPS) is 10.6. The van der Waals surface area contributed by atoms with Crippen LogP contribution in [0.4, 0.5) is 11.4 Å². The molecule has 0 aliphatic carbocycles. The molecule has 0 bridgehead atoms. The molecule has 0 unspecified atom stereocenters. The zero-order valence-corrected chi connectivity index (χ0v) is 25.2. The van der Waals surface area contributed by atoms with Gasteiger partial charge in [-0.05, 0) is 31.3 Å². The number of thioether (sulfide) groups is 2. The Morgan fingerprint density at radius 2 is 1.14 bits per heavy atom. The Kier molecular flexibility index (Phi) is 13.3. The summed E-state index contributed by atoms with van der Waals surface area (Å²) in [5.41, 5.74) is 1.73. The second-order valence-electron chi connectivity index (χ2n) is 9.02. The lowest BCUT2D eigenvalue weighted by Gasteiger charge is -2.18. The summed E-state index contributed by atoms with van der Waals surface area (Å²) in [6.07, 6.45) is 0. The minimum Gasteiger partial charge on any atom is -0.351 e. The molecular weight excluding hydrogens is 572 g/mol. The molecule has 0 radical (unpaired) electrons. The van der Waals surface area contributed by atoms with Gasteiger partial charge in [0.25, 0.3) is 5.91 Å². The lowest BCUT2D eigenvalue weighted by Crippen LogP contribution is -2.34. The van der Waals surface area contributed by atoms with Gasteiger partial charge in [-0.3, -0.25) is 24.0 Å². The number of nitrogens with zero attached hydrogens (tertiary/aromatic N) is 1. The van der Waals surface area contributed by atoms with E-state index >= 15 is 0 Å². The zero-order chi connectivity index (χ0) is 30.3. The van der Waals surface area contributed by atoms with E-state index in [0.29, 0.717) is 29.8 Å². The van der Waals surface area contributed by atoms with E-state index in [2.05, 4.69) is 34.7 Å². The van der Waals surface area contributed by atoms with Crippen LogP contribution in [0.25, 0.3) is 0 Å². The van der Waals surface area contributed by atoms with E-state index in [0.717, 1.165) is 36.6 Å². The average molecular weight is 607 g/mol. The summed E-state index contributed by atoms with van der Waals surface area (Å²) in [6.45, 7) is 6.99. The maximum Gasteiger partial charge on any atom is 0.251 e. The van der Waals surface area contributed by atoms with Crippen LogP contribution in [-0.4, -0.2) is 70.5 Å². The van der Waals surface area contributed by atoms with Crippen LogP contribution in [0.3, 0.4) is 0 Å². The minimum absolute atomic E-state index is 0.143. The first-order chi connectivity index (χ1) is 20.3. The molecule has 42 heavy (non-hydrogen) atoms. The number of likely N-dealkylation sites (N-methyl/N-ethyl adjacent to an activating group) is 1. The standard InChI is InChI=1S/C31H34N4O5S2/c1-3-35(4-2)18-17-32-29(38)24-15-16-25(33-27(36)20-41-30(39)22-11-7-5-8-12-22)26(19-24)34-28(37)21-42-31(40)23-13-9-6-10-14-23/h5-16,19H,3-4,17-18,20-21H2,1-2H3,(H,32,38)(H,33,36)(H,34,37). The van der Waals surface area contributed by atoms with Crippen LogP contribution in [0.1, 0.15) is 44.9 Å². The van der Waals surface area contributed by atoms with Crippen molar-refractivity contribution in [1.82, 2.24) is 10.2 Å². The first-order valence-electron chi connectivity index (χ1n) is 13.5. The highest BCUT2D eigenvalue weighted by Crippen LogP contribution is 2.25. The SMILES string of the molecule is CCN(CC)CCNC(=O)c1ccc(NC(=O)CSC(=O)c2ccccc2)c(NC(=O)CSC(=O)c2ccccc2)c1. The highest BCUT2D eigenvalue weighted by molar-refractivity contribution is 8.14. The third kappa shape index (κ3) is 10.5. The first-order valence-corrected chi connectivity index (χ1v) is 15.5. The van der Waals surface area contributed by atoms with Crippen LogP contribution in [0.2, 0.25) is 0 Å². The Labute approximate surface area is 254 Å². The van der Waals surface area contributed by atoms with Crippen molar-refractivity contribution in [2.75, 3.05) is 48.3 Å². The number of amides is 3. The Balaban J connectivity index is 1.68. The van der Waals surface area contributed by atoms with Gasteiger partial charge in [0.05, 0.1) is 22.9 Å². The monoisotopic (exact) mass is 606 g/mol. The van der Waals surface area contributed by atoms with Crippen molar-refractivity contribution in [3.8, 4) is 0 Å². The highest BCUT2D eigenvalue weighted by Gasteiger charge is 2.17. The van der Waals surface area contributed by atoms with Crippen LogP contribution >= 0.6 is 23.5 Å². The van der Waals surface area contributed by atoms with Gasteiger partial charge in [0.2, 0.25) is 22.0 Å². The smallest absolute Gasteiger partial charge is 0.251 e. The molecular formula is C31H34N4O5S2. The van der Waals surface area contributed by atoms with E-state index in [9.17, 15) is 24.0 Å². The maximum absolute atomic E-state index is 12.8. The number of rotatable bonds is 14. The maximum atomic E-state index is 12.8. The molecule has 0 heterocycles. The molecule has 0 aliphatic rings. The van der Waals surface area contributed by atoms with E-state index in [-0.39, 0.29) is 39.0 Å². The summed E-state index contributed by atoms with van der Waals surface area (Å²) in [6, 6.07) is 21.8. The van der Waals surface area contributed by atoms with Crippen LogP contribution in [0.5, 0.6) is 0 Å². The van der Waals surface area contributed by atoms with Crippen LogP contribution in [-0.2, 0) is 9.59 Å². The molecule has 0 spiro atoms. The summed E-state index contributed by atoms with van der Waals surface area (Å²) in [5, 5.41) is 7.81. The van der Waals surface area contributed by atoms with Gasteiger partial charge in [0, 0.05) is 29.8 Å². The second kappa shape index (κ2) is 17.1. The van der Waals surface area contributed by atoms with Gasteiger partial charge in [0.1, 0.15) is 0 Å². The number of anilines is 2. The Morgan fingerprint density at radius 1 is 0.643 bits per heavy atom. The van der Waals surface area contributed by atoms with Crippen molar-refractivity contribution in [3.63, 3.8) is 0 Å². The first kappa shape index (κ1) is 32.6. The number of nitrogens with one attached hydrogen (secondary N) is 3. The summed E-state index contributed by atoms with van der Waals surface area (Å²) < 4.78 is 0. The van der Waals surface area contributed by atoms with E-state index in [4.69, 9.17) is 0 Å². The molecule has 3 aromatic carbocycles. The molecule has 0 aromatic heterocycles. The number of carbonyl (C=O) groups is 5. The van der Waals surface area contributed by atoms with Gasteiger partial charge < -0.3 is 20.9 Å². The van der Waals surface area contributed by atoms with Gasteiger partial charge in [-0.25, -0.2) is 0 Å². The quantitative estimate of drug-likeness (QED) is 0.240. The fourth-order valence-corrected chi connectivity index (χ4v) is 5.09. The van der Waals surface area contributed by atoms with E-state index in [1.807, 2.05) is 0 Å². The van der Waals surface area contributed by atoms with Crippen molar-refractivity contribution in [1.29, 1.82) is 0 Å². The topological polar surface area (TPSA) is 125 Å². The fourth-order valence-electron chi connectivity index (χ4n) is 3.82. The molecule has 0 fully saturated rings. The Bertz CT molecular complexity index is 1380. The number of hydrogen-bond acceptors (Lipinski definition) is 8. The van der Waals surface area contributed by atoms with Gasteiger partial charge in [-0.2, -0.15) is 0 Å². The summed E-state index contributed by atoms with van der Waals surface area (Å²) in [4.78, 5) is 65.3. The van der Waals surface area contributed by atoms with Crippen LogP contribution in [0.15, 0.2) is 78.9 Å². The average Bonchev–Trinajstić information content (AvgIpc) is 3.02. The fraction of sp³-hybridized carbons (Fsp3) is 0.258. The molecule has 3 rings (SSSR count). The van der Waals surface area contributed by atoms with Crippen molar-refractivity contribution in [2.45, 2.75) is 13.8 Å². The Morgan fingerprint density at radius 3 is 1.64 bits per heavy atom. The number of hydrogen-bond donors (Lipinski definition) is 3. The molecule has 3 amide bonds. The van der Waals surface area contributed by atoms with Crippen LogP contribution < -0.4 is 16.0 Å². The van der Waals surface area contributed by atoms with Crippen molar-refractivity contribution < 1.29 is 24.0 Å². The summed E-state index contributed by atoms with van der Waals surface area (Å²) >= 11 is 1.71. The summed E-state index contributed by atoms with van der Waals surface area (Å²) in [5.74, 6) is -1.57. The van der Waals surface area contributed by atoms with E-state index < -0.39 is 11.8 Å². The predicted octanol–water partition coefficient (Wildman–Crippen LogP) is 4.78. The molecule has 220 valence electrons. The molecule has 0 aliphatic heterocycles. The molecule has 3 aromatic rings. The predicted molar refractivity (Wildman–Crippen MR) is 170 cm³/mol. The number of carbonyl (C=O) groups excluding carboxylic acids is 5. The lowest BCUT2D eigenvalue weighted by molar-refractivity contribution is -0.114. The minimum atomic E-state index is -0.479. The van der Waals surface area contributed by atoms with Crippen molar-refractivity contribution >= 4 is 62.9 Å². The van der Waals surface area contributed by atoms with Gasteiger partial charge >= 0.3 is 0 Å². The lowest BCUT2D eigenvalue weighted by atomic mass is 10.1. The highest BCUT2D eigenvalue weighted by atomic mass is 32.2. The molecule has 11 heteroatoms. The van der Waals surface area contributed by atoms with E-state index in [1.54, 1.807) is 66.7 Å². The third-order valence-corrected chi connectivity index (χ3v) is 7.93. The van der Waals surface area contributed by atoms with Gasteiger partial charge in [0.15, 0.2) is 0 Å². The molecule has 0 saturated heterocycles. The van der Waals surface area contributed by atoms with Crippen molar-refractivity contribution in [2.24, 2.45) is 0 Å². The van der Waals surface area contributed by atoms with Crippen molar-refractivity contribution in [3.05, 3.63) is 95.6 Å². The summed E-state index contributed by atoms with van der Waals surface area (Å²) in [7, 11) is 0. The molecule has 0 saturated carbocycles.